The zero-order valence-electron chi connectivity index (χ0n) is 18.3. The molecule has 172 valence electrons. The highest BCUT2D eigenvalue weighted by molar-refractivity contribution is 5.91. The maximum Gasteiger partial charge on any atom is 0.418 e. The van der Waals surface area contributed by atoms with E-state index in [-0.39, 0.29) is 23.8 Å². The van der Waals surface area contributed by atoms with Gasteiger partial charge < -0.3 is 15.5 Å². The number of ketones is 1. The highest BCUT2D eigenvalue weighted by Crippen LogP contribution is 2.49. The van der Waals surface area contributed by atoms with Crippen LogP contribution < -0.4 is 10.6 Å². The molecule has 1 saturated carbocycles. The van der Waals surface area contributed by atoms with Crippen LogP contribution in [0, 0.1) is 5.41 Å². The van der Waals surface area contributed by atoms with Crippen LogP contribution in [0.25, 0.3) is 0 Å². The van der Waals surface area contributed by atoms with Crippen LogP contribution in [-0.2, 0) is 22.3 Å². The van der Waals surface area contributed by atoms with Crippen LogP contribution in [0.3, 0.4) is 0 Å². The molecule has 2 aromatic rings. The predicted molar refractivity (Wildman–Crippen MR) is 117 cm³/mol. The Morgan fingerprint density at radius 1 is 1.03 bits per heavy atom. The van der Waals surface area contributed by atoms with E-state index < -0.39 is 17.2 Å². The average molecular weight is 448 g/mol. The second kappa shape index (κ2) is 9.73. The summed E-state index contributed by atoms with van der Waals surface area (Å²) in [4.78, 5) is 26.7. The molecule has 0 unspecified atom stereocenters. The number of amides is 1. The molecule has 1 amide bonds. The van der Waals surface area contributed by atoms with Gasteiger partial charge >= 0.3 is 6.18 Å². The largest absolute Gasteiger partial charge is 0.418 e. The quantitative estimate of drug-likeness (QED) is 0.552. The molecule has 0 spiro atoms. The molecule has 5 nitrogen and oxygen atoms in total. The van der Waals surface area contributed by atoms with Crippen molar-refractivity contribution in [3.63, 3.8) is 0 Å². The third-order valence-corrected chi connectivity index (χ3v) is 5.63. The molecule has 0 aliphatic heterocycles. The van der Waals surface area contributed by atoms with Crippen LogP contribution in [0.15, 0.2) is 48.5 Å². The number of hydrogen-bond acceptors (Lipinski definition) is 4. The lowest BCUT2D eigenvalue weighted by molar-refractivity contribution is -0.137. The van der Waals surface area contributed by atoms with Crippen LogP contribution in [-0.4, -0.2) is 37.2 Å². The van der Waals surface area contributed by atoms with Gasteiger partial charge in [-0.2, -0.15) is 13.2 Å². The van der Waals surface area contributed by atoms with E-state index in [2.05, 4.69) is 10.6 Å². The second-order valence-corrected chi connectivity index (χ2v) is 8.60. The minimum atomic E-state index is -4.44. The molecule has 2 N–H and O–H groups in total. The molecule has 0 saturated heterocycles. The van der Waals surface area contributed by atoms with E-state index in [4.69, 9.17) is 0 Å². The van der Waals surface area contributed by atoms with Crippen molar-refractivity contribution >= 4 is 23.1 Å². The van der Waals surface area contributed by atoms with E-state index in [0.717, 1.165) is 11.6 Å². The van der Waals surface area contributed by atoms with Crippen LogP contribution in [0.4, 0.5) is 24.5 Å². The number of benzene rings is 2. The fourth-order valence-corrected chi connectivity index (χ4v) is 3.52. The van der Waals surface area contributed by atoms with Gasteiger partial charge in [-0.05, 0) is 56.8 Å². The Morgan fingerprint density at radius 2 is 1.69 bits per heavy atom. The van der Waals surface area contributed by atoms with Crippen molar-refractivity contribution < 1.29 is 22.8 Å². The molecular formula is C24H28F3N3O2. The van der Waals surface area contributed by atoms with Gasteiger partial charge in [0.25, 0.3) is 0 Å². The number of nitrogens with one attached hydrogen (secondary N) is 2. The van der Waals surface area contributed by atoms with Crippen molar-refractivity contribution in [2.24, 2.45) is 5.41 Å². The minimum absolute atomic E-state index is 0.0179. The number of para-hydroxylation sites is 1. The number of rotatable bonds is 10. The summed E-state index contributed by atoms with van der Waals surface area (Å²) < 4.78 is 39.4. The summed E-state index contributed by atoms with van der Waals surface area (Å²) in [6, 6.07) is 12.2. The molecule has 0 atom stereocenters. The van der Waals surface area contributed by atoms with Gasteiger partial charge in [-0.25, -0.2) is 0 Å². The van der Waals surface area contributed by atoms with E-state index in [9.17, 15) is 22.8 Å². The highest BCUT2D eigenvalue weighted by atomic mass is 19.4. The Balaban J connectivity index is 1.53. The molecule has 1 aliphatic carbocycles. The van der Waals surface area contributed by atoms with Crippen molar-refractivity contribution in [2.45, 2.75) is 38.4 Å². The standard InChI is InChI=1S/C24H28F3N3O2/c1-30(2)14-11-19(31)15-23(12-13-23)22(32)28-16-17-7-9-18(10-8-17)29-21-6-4-3-5-20(21)24(25,26)27/h3-10,29H,11-16H2,1-2H3,(H,28,32). The average Bonchev–Trinajstić information content (AvgIpc) is 3.52. The fraction of sp³-hybridized carbons (Fsp3) is 0.417. The smallest absolute Gasteiger partial charge is 0.355 e. The van der Waals surface area contributed by atoms with E-state index in [1.54, 1.807) is 30.3 Å². The third kappa shape index (κ3) is 6.32. The van der Waals surface area contributed by atoms with E-state index in [0.29, 0.717) is 38.0 Å². The van der Waals surface area contributed by atoms with Crippen LogP contribution in [0.1, 0.15) is 36.8 Å². The van der Waals surface area contributed by atoms with Crippen LogP contribution in [0.2, 0.25) is 0 Å². The first-order chi connectivity index (χ1) is 15.1. The lowest BCUT2D eigenvalue weighted by atomic mass is 9.96. The van der Waals surface area contributed by atoms with E-state index >= 15 is 0 Å². The van der Waals surface area contributed by atoms with Gasteiger partial charge in [0.1, 0.15) is 5.78 Å². The third-order valence-electron chi connectivity index (χ3n) is 5.63. The van der Waals surface area contributed by atoms with Crippen molar-refractivity contribution in [3.05, 3.63) is 59.7 Å². The lowest BCUT2D eigenvalue weighted by Crippen LogP contribution is -2.33. The summed E-state index contributed by atoms with van der Waals surface area (Å²) in [5, 5.41) is 5.70. The molecule has 3 rings (SSSR count). The van der Waals surface area contributed by atoms with E-state index in [1.807, 2.05) is 19.0 Å². The molecule has 32 heavy (non-hydrogen) atoms. The Hall–Kier alpha value is -2.87. The van der Waals surface area contributed by atoms with Gasteiger partial charge in [-0.15, -0.1) is 0 Å². The number of Topliss-reactive ketones (excluding diaryl/α,β-unsaturated/α-hetero) is 1. The monoisotopic (exact) mass is 447 g/mol. The summed E-state index contributed by atoms with van der Waals surface area (Å²) in [5.74, 6) is -0.0158. The summed E-state index contributed by atoms with van der Waals surface area (Å²) in [5.41, 5.74) is 0.0122. The summed E-state index contributed by atoms with van der Waals surface area (Å²) in [6.45, 7) is 0.969. The first kappa shape index (κ1) is 23.8. The maximum absolute atomic E-state index is 13.1. The van der Waals surface area contributed by atoms with Crippen molar-refractivity contribution in [2.75, 3.05) is 26.0 Å². The minimum Gasteiger partial charge on any atom is -0.355 e. The van der Waals surface area contributed by atoms with Gasteiger partial charge in [0.15, 0.2) is 0 Å². The first-order valence-corrected chi connectivity index (χ1v) is 10.6. The first-order valence-electron chi connectivity index (χ1n) is 10.6. The number of nitrogens with zero attached hydrogens (tertiary/aromatic N) is 1. The fourth-order valence-electron chi connectivity index (χ4n) is 3.52. The molecule has 2 aromatic carbocycles. The number of carbonyl (C=O) groups excluding carboxylic acids is 2. The topological polar surface area (TPSA) is 61.4 Å². The van der Waals surface area contributed by atoms with Crippen molar-refractivity contribution in [1.82, 2.24) is 10.2 Å². The van der Waals surface area contributed by atoms with Crippen molar-refractivity contribution in [1.29, 1.82) is 0 Å². The van der Waals surface area contributed by atoms with E-state index in [1.165, 1.54) is 12.1 Å². The number of hydrogen-bond donors (Lipinski definition) is 2. The molecular weight excluding hydrogens is 419 g/mol. The molecule has 0 aromatic heterocycles. The number of anilines is 2. The van der Waals surface area contributed by atoms with Crippen molar-refractivity contribution in [3.8, 4) is 0 Å². The van der Waals surface area contributed by atoms with Gasteiger partial charge in [-0.1, -0.05) is 24.3 Å². The highest BCUT2D eigenvalue weighted by Gasteiger charge is 2.50. The van der Waals surface area contributed by atoms with Gasteiger partial charge in [-0.3, -0.25) is 9.59 Å². The second-order valence-electron chi connectivity index (χ2n) is 8.60. The van der Waals surface area contributed by atoms with Crippen LogP contribution in [0.5, 0.6) is 0 Å². The summed E-state index contributed by atoms with van der Waals surface area (Å²) in [6.07, 6.45) is -2.30. The molecule has 0 radical (unpaired) electrons. The Morgan fingerprint density at radius 3 is 2.28 bits per heavy atom. The Kier molecular flexibility index (Phi) is 7.23. The van der Waals surface area contributed by atoms with Crippen LogP contribution >= 0.6 is 0 Å². The normalized spacial score (nSPS) is 14.8. The zero-order chi connectivity index (χ0) is 23.4. The number of halogens is 3. The molecule has 8 heteroatoms. The Bertz CT molecular complexity index is 952. The van der Waals surface area contributed by atoms with Gasteiger partial charge in [0.05, 0.1) is 16.7 Å². The van der Waals surface area contributed by atoms with Gasteiger partial charge in [0.2, 0.25) is 5.91 Å². The molecule has 1 fully saturated rings. The Labute approximate surface area is 186 Å². The predicted octanol–water partition coefficient (Wildman–Crippen LogP) is 4.76. The maximum atomic E-state index is 13.1. The number of alkyl halides is 3. The summed E-state index contributed by atoms with van der Waals surface area (Å²) in [7, 11) is 3.81. The molecule has 0 bridgehead atoms. The molecule has 0 heterocycles. The SMILES string of the molecule is CN(C)CCC(=O)CC1(C(=O)NCc2ccc(Nc3ccccc3C(F)(F)F)cc2)CC1. The van der Waals surface area contributed by atoms with Gasteiger partial charge in [0, 0.05) is 31.6 Å². The number of carbonyl (C=O) groups is 2. The zero-order valence-corrected chi connectivity index (χ0v) is 18.3. The lowest BCUT2D eigenvalue weighted by Gasteiger charge is -2.16. The molecule has 1 aliphatic rings. The summed E-state index contributed by atoms with van der Waals surface area (Å²) >= 11 is 0.